The van der Waals surface area contributed by atoms with E-state index in [0.29, 0.717) is 20.6 Å². The molecular weight excluding hydrogens is 394 g/mol. The first-order chi connectivity index (χ1) is 10.9. The van der Waals surface area contributed by atoms with Gasteiger partial charge in [0, 0.05) is 10.7 Å². The Morgan fingerprint density at radius 3 is 2.65 bits per heavy atom. The molecule has 0 amide bonds. The first-order valence-electron chi connectivity index (χ1n) is 6.86. The number of ether oxygens (including phenoxy) is 2. The summed E-state index contributed by atoms with van der Waals surface area (Å²) in [5.74, 6) is 0.315. The number of benzene rings is 1. The molecule has 9 heteroatoms. The van der Waals surface area contributed by atoms with E-state index < -0.39 is 37.3 Å². The minimum atomic E-state index is -1.50. The monoisotopic (exact) mass is 407 g/mol. The Morgan fingerprint density at radius 1 is 1.22 bits per heavy atom. The van der Waals surface area contributed by atoms with Gasteiger partial charge in [-0.25, -0.2) is 0 Å². The summed E-state index contributed by atoms with van der Waals surface area (Å²) < 4.78 is 11.6. The lowest BCUT2D eigenvalue weighted by Gasteiger charge is -2.39. The van der Waals surface area contributed by atoms with Gasteiger partial charge in [-0.1, -0.05) is 11.6 Å². The molecule has 7 nitrogen and oxygen atoms in total. The van der Waals surface area contributed by atoms with Crippen LogP contribution in [0.25, 0.3) is 10.9 Å². The highest BCUT2D eigenvalue weighted by atomic mass is 79.9. The molecule has 0 radical (unpaired) electrons. The van der Waals surface area contributed by atoms with Gasteiger partial charge in [0.2, 0.25) is 6.29 Å². The number of nitrogens with one attached hydrogen (secondary N) is 1. The van der Waals surface area contributed by atoms with Crippen LogP contribution in [0.2, 0.25) is 5.02 Å². The highest BCUT2D eigenvalue weighted by molar-refractivity contribution is 9.10. The van der Waals surface area contributed by atoms with E-state index in [9.17, 15) is 20.4 Å². The van der Waals surface area contributed by atoms with E-state index >= 15 is 0 Å². The highest BCUT2D eigenvalue weighted by Gasteiger charge is 2.44. The summed E-state index contributed by atoms with van der Waals surface area (Å²) in [4.78, 5) is 2.98. The van der Waals surface area contributed by atoms with Crippen molar-refractivity contribution in [1.82, 2.24) is 4.98 Å². The van der Waals surface area contributed by atoms with Crippen molar-refractivity contribution < 1.29 is 29.9 Å². The Morgan fingerprint density at radius 2 is 1.96 bits per heavy atom. The number of aromatic amines is 1. The van der Waals surface area contributed by atoms with Crippen molar-refractivity contribution in [3.05, 3.63) is 27.8 Å². The summed E-state index contributed by atoms with van der Waals surface area (Å²) in [5, 5.41) is 39.8. The van der Waals surface area contributed by atoms with Gasteiger partial charge >= 0.3 is 0 Å². The fourth-order valence-corrected chi connectivity index (χ4v) is 3.10. The average molecular weight is 409 g/mol. The maximum absolute atomic E-state index is 10.0. The molecule has 3 rings (SSSR count). The third-order valence-corrected chi connectivity index (χ3v) is 5.07. The molecule has 0 spiro atoms. The zero-order valence-corrected chi connectivity index (χ0v) is 14.0. The van der Waals surface area contributed by atoms with Gasteiger partial charge in [0.05, 0.1) is 22.5 Å². The van der Waals surface area contributed by atoms with E-state index in [1.807, 2.05) is 0 Å². The van der Waals surface area contributed by atoms with Gasteiger partial charge in [0.15, 0.2) is 0 Å². The molecule has 23 heavy (non-hydrogen) atoms. The van der Waals surface area contributed by atoms with Crippen LogP contribution in [0.5, 0.6) is 5.75 Å². The van der Waals surface area contributed by atoms with Gasteiger partial charge in [0.25, 0.3) is 0 Å². The van der Waals surface area contributed by atoms with E-state index in [0.717, 1.165) is 5.52 Å². The quantitative estimate of drug-likeness (QED) is 0.512. The molecule has 0 aliphatic carbocycles. The van der Waals surface area contributed by atoms with Crippen LogP contribution >= 0.6 is 27.5 Å². The van der Waals surface area contributed by atoms with Crippen molar-refractivity contribution in [1.29, 1.82) is 0 Å². The fourth-order valence-electron chi connectivity index (χ4n) is 2.51. The molecule has 0 saturated carbocycles. The normalized spacial score (nSPS) is 31.5. The Balaban J connectivity index is 1.91. The topological polar surface area (TPSA) is 115 Å². The number of rotatable bonds is 3. The second kappa shape index (κ2) is 6.56. The number of H-pyrrole nitrogens is 1. The molecule has 1 aliphatic rings. The van der Waals surface area contributed by atoms with Gasteiger partial charge in [-0.05, 0) is 28.1 Å². The highest BCUT2D eigenvalue weighted by Crippen LogP contribution is 2.38. The Bertz CT molecular complexity index is 708. The van der Waals surface area contributed by atoms with Crippen LogP contribution < -0.4 is 4.74 Å². The lowest BCUT2D eigenvalue weighted by atomic mass is 9.99. The molecule has 1 aromatic heterocycles. The van der Waals surface area contributed by atoms with Crippen molar-refractivity contribution >= 4 is 38.4 Å². The van der Waals surface area contributed by atoms with E-state index in [2.05, 4.69) is 20.9 Å². The molecule has 2 aromatic rings. The second-order valence-corrected chi connectivity index (χ2v) is 6.48. The number of hydrogen-bond donors (Lipinski definition) is 5. The molecule has 126 valence electrons. The number of aromatic nitrogens is 1. The summed E-state index contributed by atoms with van der Waals surface area (Å²) in [5.41, 5.74) is 0.720. The van der Waals surface area contributed by atoms with Crippen molar-refractivity contribution in [3.8, 4) is 5.75 Å². The first kappa shape index (κ1) is 17.0. The molecule has 1 aromatic carbocycles. The molecule has 2 heterocycles. The van der Waals surface area contributed by atoms with Gasteiger partial charge in [0.1, 0.15) is 30.2 Å². The largest absolute Gasteiger partial charge is 0.460 e. The molecule has 1 aliphatic heterocycles. The van der Waals surface area contributed by atoms with Crippen LogP contribution in [0.15, 0.2) is 22.8 Å². The zero-order valence-electron chi connectivity index (χ0n) is 11.7. The lowest BCUT2D eigenvalue weighted by molar-refractivity contribution is -0.277. The van der Waals surface area contributed by atoms with Crippen LogP contribution in [0, 0.1) is 0 Å². The summed E-state index contributed by atoms with van der Waals surface area (Å²) in [6.07, 6.45) is -5.17. The SMILES string of the molecule is OC[C@@H]1O[C@@H](Oc2c[nH]c3ccc(Br)c(Cl)c23)[C@H](O)[C@H](O)[C@@H]1O. The molecule has 5 atom stereocenters. The van der Waals surface area contributed by atoms with Gasteiger partial charge in [-0.2, -0.15) is 0 Å². The smallest absolute Gasteiger partial charge is 0.229 e. The van der Waals surface area contributed by atoms with Crippen LogP contribution in [0.3, 0.4) is 0 Å². The number of aliphatic hydroxyl groups excluding tert-OH is 4. The summed E-state index contributed by atoms with van der Waals surface area (Å²) in [7, 11) is 0. The second-order valence-electron chi connectivity index (χ2n) is 5.25. The summed E-state index contributed by atoms with van der Waals surface area (Å²) in [6, 6.07) is 3.57. The van der Waals surface area contributed by atoms with E-state index in [1.165, 1.54) is 0 Å². The van der Waals surface area contributed by atoms with Crippen molar-refractivity contribution in [2.45, 2.75) is 30.7 Å². The standard InChI is InChI=1S/C14H15BrClNO6/c15-5-1-2-6-9(10(5)16)7(3-17-6)22-14-13(21)12(20)11(19)8(4-18)23-14/h1-3,8,11-14,17-21H,4H2/t8-,11+,12+,13+,14+/m0/s1. The van der Waals surface area contributed by atoms with Crippen LogP contribution in [0.4, 0.5) is 0 Å². The maximum atomic E-state index is 10.0. The number of hydrogen-bond acceptors (Lipinski definition) is 6. The minimum absolute atomic E-state index is 0.315. The Hall–Kier alpha value is -0.870. The molecule has 0 bridgehead atoms. The Labute approximate surface area is 144 Å². The number of aliphatic hydroxyl groups is 4. The predicted octanol–water partition coefficient (Wildman–Crippen LogP) is 0.762. The maximum Gasteiger partial charge on any atom is 0.229 e. The minimum Gasteiger partial charge on any atom is -0.460 e. The molecule has 1 saturated heterocycles. The number of fused-ring (bicyclic) bond motifs is 1. The third-order valence-electron chi connectivity index (χ3n) is 3.79. The van der Waals surface area contributed by atoms with E-state index in [1.54, 1.807) is 18.3 Å². The van der Waals surface area contributed by atoms with Gasteiger partial charge < -0.3 is 34.9 Å². The zero-order chi connectivity index (χ0) is 16.7. The molecule has 1 fully saturated rings. The lowest BCUT2D eigenvalue weighted by Crippen LogP contribution is -2.60. The van der Waals surface area contributed by atoms with Crippen molar-refractivity contribution in [3.63, 3.8) is 0 Å². The van der Waals surface area contributed by atoms with Crippen LogP contribution in [-0.2, 0) is 4.74 Å². The summed E-state index contributed by atoms with van der Waals surface area (Å²) in [6.45, 7) is -0.523. The van der Waals surface area contributed by atoms with E-state index in [4.69, 9.17) is 21.1 Å². The van der Waals surface area contributed by atoms with Crippen LogP contribution in [-0.4, -0.2) is 62.7 Å². The third kappa shape index (κ3) is 2.96. The fraction of sp³-hybridized carbons (Fsp3) is 0.429. The van der Waals surface area contributed by atoms with Gasteiger partial charge in [-0.3, -0.25) is 0 Å². The molecule has 0 unspecified atom stereocenters. The molecule has 5 N–H and O–H groups in total. The first-order valence-corrected chi connectivity index (χ1v) is 8.03. The van der Waals surface area contributed by atoms with Gasteiger partial charge in [-0.15, -0.1) is 0 Å². The predicted molar refractivity (Wildman–Crippen MR) is 85.4 cm³/mol. The summed E-state index contributed by atoms with van der Waals surface area (Å²) >= 11 is 9.58. The van der Waals surface area contributed by atoms with Crippen LogP contribution in [0.1, 0.15) is 0 Å². The van der Waals surface area contributed by atoms with Crippen molar-refractivity contribution in [2.75, 3.05) is 6.61 Å². The molecular formula is C14H15BrClNO6. The van der Waals surface area contributed by atoms with E-state index in [-0.39, 0.29) is 0 Å². The Kier molecular flexibility index (Phi) is 4.84. The number of halogens is 2. The average Bonchev–Trinajstić information content (AvgIpc) is 2.95. The van der Waals surface area contributed by atoms with Crippen molar-refractivity contribution in [2.24, 2.45) is 0 Å².